The van der Waals surface area contributed by atoms with Gasteiger partial charge >= 0.3 is 0 Å². The summed E-state index contributed by atoms with van der Waals surface area (Å²) >= 11 is 0. The number of rotatable bonds is 8. The molecule has 0 fully saturated rings. The van der Waals surface area contributed by atoms with Gasteiger partial charge in [-0.2, -0.15) is 0 Å². The van der Waals surface area contributed by atoms with Gasteiger partial charge in [0.2, 0.25) is 0 Å². The maximum atomic E-state index is 6.29. The molecule has 0 atom stereocenters. The molecule has 2 heterocycles. The summed E-state index contributed by atoms with van der Waals surface area (Å²) in [6.07, 6.45) is 0. The summed E-state index contributed by atoms with van der Waals surface area (Å²) in [5.74, 6) is 1.74. The fraction of sp³-hybridized carbons (Fsp3) is 0.0476. The van der Waals surface area contributed by atoms with Crippen LogP contribution >= 0.6 is 0 Å². The van der Waals surface area contributed by atoms with Crippen molar-refractivity contribution in [3.63, 3.8) is 0 Å². The molecule has 6 aliphatic carbocycles. The van der Waals surface area contributed by atoms with Crippen LogP contribution in [0.4, 0.5) is 68.2 Å². The van der Waals surface area contributed by atoms with Crippen molar-refractivity contribution in [1.82, 2.24) is 0 Å². The Morgan fingerprint density at radius 3 is 0.664 bits per heavy atom. The van der Waals surface area contributed by atoms with Crippen LogP contribution in [-0.4, -0.2) is 0 Å². The van der Waals surface area contributed by atoms with Crippen LogP contribution in [-0.2, 0) is 21.7 Å². The predicted octanol–water partition coefficient (Wildman–Crippen LogP) is 32.7. The van der Waals surface area contributed by atoms with E-state index in [-0.39, 0.29) is 16.2 Å². The molecular weight excluding hydrogens is 1590 g/mol. The Balaban J connectivity index is 0.000000104. The summed E-state index contributed by atoms with van der Waals surface area (Å²) in [5, 5.41) is 0. The summed E-state index contributed by atoms with van der Waals surface area (Å²) in [5.41, 5.74) is 47.3. The lowest BCUT2D eigenvalue weighted by atomic mass is 9.70. The zero-order chi connectivity index (χ0) is 86.7. The zero-order valence-corrected chi connectivity index (χ0v) is 72.4. The van der Waals surface area contributed by atoms with Crippen molar-refractivity contribution in [1.29, 1.82) is 0 Å². The number of nitrogens with zero attached hydrogens (tertiary/aromatic N) is 4. The summed E-state index contributed by atoms with van der Waals surface area (Å²) in [6.45, 7) is 4.69. The number of fused-ring (bicyclic) bond motifs is 34. The molecule has 616 valence electrons. The van der Waals surface area contributed by atoms with Gasteiger partial charge in [-0.15, -0.1) is 0 Å². The van der Waals surface area contributed by atoms with Crippen LogP contribution in [0.25, 0.3) is 66.8 Å². The molecule has 28 rings (SSSR count). The third kappa shape index (κ3) is 10.9. The zero-order valence-electron chi connectivity index (χ0n) is 72.4. The van der Waals surface area contributed by atoms with E-state index in [2.05, 4.69) is 494 Å². The standard InChI is InChI=1S/C49H34N2.C40H29N.C37H23NO/c1-5-17-35(18-6-1)50(36-19-7-2-8-20-36)39-29-31-47-43(33-39)44-34-40(51(37-21-9-3-10-22-37)38-23-11-4-12-24-38)30-32-48(44)49(47)45-27-15-13-25-41(45)42-26-14-16-28-46(42)49;1-39(2)35-19-9-11-21-37(35)41(38-22-12-10-20-36(38)39)26-23-24-34-30(25-26)29-15-5-8-18-33(29)40(34)31-16-6-3-13-27(31)28-14-4-7-17-32(28)40;1-4-14-29-25(11-1)26-12-2-5-15-30(26)37(29)31-16-6-3-13-27(31)28-23-24(21-22-32(28)37)38-33-17-7-9-19-35(33)39-36-20-10-8-18-34(36)38/h1-34H;3-25H,1-2H3;1-23H. The smallest absolute Gasteiger partial charge is 0.151 e. The fourth-order valence-corrected chi connectivity index (χ4v) is 24.0. The van der Waals surface area contributed by atoms with E-state index in [1.807, 2.05) is 24.3 Å². The molecule has 0 aromatic heterocycles. The average molecular weight is 1670 g/mol. The van der Waals surface area contributed by atoms with Crippen LogP contribution in [0.5, 0.6) is 11.5 Å². The molecule has 0 N–H and O–H groups in total. The number of hydrogen-bond donors (Lipinski definition) is 0. The molecule has 0 unspecified atom stereocenters. The van der Waals surface area contributed by atoms with E-state index in [1.54, 1.807) is 0 Å². The minimum Gasteiger partial charge on any atom is -0.453 e. The van der Waals surface area contributed by atoms with Crippen molar-refractivity contribution in [2.75, 3.05) is 19.6 Å². The SMILES string of the molecule is CC1(C)c2ccccc2N(c2ccc3c(c2)-c2ccccc2C32c3ccccc3-c3ccccc32)c2ccccc21.c1ccc(N(c2ccccc2)c2ccc3c(c2)-c2cc(N(c4ccccc4)c4ccccc4)ccc2C32c3ccccc3-c3ccccc32)cc1.c1ccc2c(c1)Oc1ccccc1N2c1ccc2c(c1)-c1ccccc1C21c2ccccc2-c2ccccc21. The Morgan fingerprint density at radius 1 is 0.168 bits per heavy atom. The monoisotopic (exact) mass is 1670 g/mol. The lowest BCUT2D eigenvalue weighted by molar-refractivity contribution is 0.477. The molecule has 5 heteroatoms. The highest BCUT2D eigenvalue weighted by atomic mass is 16.5. The first-order valence-corrected chi connectivity index (χ1v) is 45.6. The Kier molecular flexibility index (Phi) is 17.0. The van der Waals surface area contributed by atoms with E-state index < -0.39 is 5.41 Å². The van der Waals surface area contributed by atoms with Crippen LogP contribution in [0.2, 0.25) is 0 Å². The van der Waals surface area contributed by atoms with Gasteiger partial charge in [0.15, 0.2) is 11.5 Å². The average Bonchev–Trinajstić information content (AvgIpc) is 1.51. The largest absolute Gasteiger partial charge is 0.453 e. The number of para-hydroxylation sites is 10. The predicted molar refractivity (Wildman–Crippen MR) is 539 cm³/mol. The molecule has 8 aliphatic rings. The maximum absolute atomic E-state index is 6.29. The minimum atomic E-state index is -0.427. The van der Waals surface area contributed by atoms with Crippen LogP contribution < -0.4 is 24.3 Å². The first-order valence-electron chi connectivity index (χ1n) is 45.6. The fourth-order valence-electron chi connectivity index (χ4n) is 24.0. The molecule has 20 aromatic carbocycles. The highest BCUT2D eigenvalue weighted by Gasteiger charge is 2.56. The van der Waals surface area contributed by atoms with Crippen molar-refractivity contribution in [2.24, 2.45) is 0 Å². The van der Waals surface area contributed by atoms with Crippen molar-refractivity contribution < 1.29 is 4.74 Å². The molecular formula is C126H86N4O. The van der Waals surface area contributed by atoms with Crippen molar-refractivity contribution in [3.8, 4) is 78.3 Å². The second-order valence-corrected chi connectivity index (χ2v) is 35.9. The molecule has 0 bridgehead atoms. The second kappa shape index (κ2) is 29.5. The van der Waals surface area contributed by atoms with Crippen molar-refractivity contribution in [3.05, 3.63) is 563 Å². The van der Waals surface area contributed by atoms with E-state index in [0.29, 0.717) is 0 Å². The van der Waals surface area contributed by atoms with E-state index in [1.165, 1.54) is 162 Å². The van der Waals surface area contributed by atoms with E-state index in [4.69, 9.17) is 4.74 Å². The van der Waals surface area contributed by atoms with Crippen LogP contribution in [0.1, 0.15) is 91.7 Å². The molecule has 0 radical (unpaired) electrons. The molecule has 20 aromatic rings. The van der Waals surface area contributed by atoms with Gasteiger partial charge in [-0.1, -0.05) is 366 Å². The molecule has 0 amide bonds. The Hall–Kier alpha value is -16.6. The number of hydrogen-bond acceptors (Lipinski definition) is 5. The topological polar surface area (TPSA) is 22.2 Å². The molecule has 0 saturated carbocycles. The van der Waals surface area contributed by atoms with Gasteiger partial charge in [0, 0.05) is 50.9 Å². The van der Waals surface area contributed by atoms with Gasteiger partial charge in [-0.05, 0) is 278 Å². The van der Waals surface area contributed by atoms with Crippen molar-refractivity contribution in [2.45, 2.75) is 35.5 Å². The van der Waals surface area contributed by atoms with E-state index in [9.17, 15) is 0 Å². The maximum Gasteiger partial charge on any atom is 0.151 e. The van der Waals surface area contributed by atoms with Crippen molar-refractivity contribution >= 4 is 68.2 Å². The van der Waals surface area contributed by atoms with Gasteiger partial charge in [0.1, 0.15) is 0 Å². The number of benzene rings is 20. The summed E-state index contributed by atoms with van der Waals surface area (Å²) in [4.78, 5) is 9.54. The van der Waals surface area contributed by atoms with E-state index >= 15 is 0 Å². The Morgan fingerprint density at radius 2 is 0.374 bits per heavy atom. The van der Waals surface area contributed by atoms with Crippen LogP contribution in [0.3, 0.4) is 0 Å². The van der Waals surface area contributed by atoms with Gasteiger partial charge in [0.05, 0.1) is 39.0 Å². The Bertz CT molecular complexity index is 7590. The third-order valence-electron chi connectivity index (χ3n) is 29.2. The number of anilines is 12. The lowest BCUT2D eigenvalue weighted by Gasteiger charge is -2.42. The van der Waals surface area contributed by atoms with Gasteiger partial charge in [-0.25, -0.2) is 0 Å². The van der Waals surface area contributed by atoms with Gasteiger partial charge in [0.25, 0.3) is 0 Å². The molecule has 2 aliphatic heterocycles. The molecule has 0 saturated heterocycles. The minimum absolute atomic E-state index is 0.0751. The van der Waals surface area contributed by atoms with Crippen LogP contribution in [0.15, 0.2) is 485 Å². The van der Waals surface area contributed by atoms with Gasteiger partial charge in [-0.3, -0.25) is 0 Å². The molecule has 5 nitrogen and oxygen atoms in total. The summed E-state index contributed by atoms with van der Waals surface area (Å²) in [6, 6.07) is 178. The van der Waals surface area contributed by atoms with Gasteiger partial charge < -0.3 is 24.3 Å². The van der Waals surface area contributed by atoms with E-state index in [0.717, 1.165) is 62.7 Å². The third-order valence-corrected chi connectivity index (χ3v) is 29.2. The number of ether oxygens (including phenoxy) is 1. The second-order valence-electron chi connectivity index (χ2n) is 35.9. The van der Waals surface area contributed by atoms with Crippen LogP contribution in [0, 0.1) is 0 Å². The quantitative estimate of drug-likeness (QED) is 0.151. The first-order chi connectivity index (χ1) is 64.8. The summed E-state index contributed by atoms with van der Waals surface area (Å²) in [7, 11) is 0. The molecule has 3 spiro atoms. The highest BCUT2D eigenvalue weighted by Crippen LogP contribution is 2.69. The molecule has 131 heavy (non-hydrogen) atoms. The summed E-state index contributed by atoms with van der Waals surface area (Å²) < 4.78 is 6.29. The Labute approximate surface area is 764 Å². The lowest BCUT2D eigenvalue weighted by Crippen LogP contribution is -2.30. The first kappa shape index (κ1) is 75.7. The normalized spacial score (nSPS) is 14.3. The highest BCUT2D eigenvalue weighted by molar-refractivity contribution is 6.03.